The topological polar surface area (TPSA) is 52.4 Å². The Hall–Kier alpha value is -1.88. The summed E-state index contributed by atoms with van der Waals surface area (Å²) in [7, 11) is 0. The Morgan fingerprint density at radius 1 is 1.10 bits per heavy atom. The summed E-state index contributed by atoms with van der Waals surface area (Å²) in [6, 6.07) is 8.51. The van der Waals surface area contributed by atoms with E-state index in [1.165, 1.54) is 12.1 Å². The van der Waals surface area contributed by atoms with Crippen LogP contribution in [-0.2, 0) is 0 Å². The molecule has 0 heterocycles. The second kappa shape index (κ2) is 5.63. The quantitative estimate of drug-likeness (QED) is 0.580. The molecule has 2 aromatic rings. The standard InChI is InChI=1S/C15H14BrNO3/c1-9-4-5-10(2)15(11(9)3)20-14-7-6-12(17(18)19)8-13(14)16/h4-8H,1-3H3. The molecule has 0 bridgehead atoms. The molecular weight excluding hydrogens is 322 g/mol. The number of nitro groups is 1. The molecule has 0 saturated carbocycles. The van der Waals surface area contributed by atoms with Gasteiger partial charge in [-0.3, -0.25) is 10.1 Å². The van der Waals surface area contributed by atoms with Gasteiger partial charge in [0.05, 0.1) is 9.40 Å². The highest BCUT2D eigenvalue weighted by molar-refractivity contribution is 9.10. The van der Waals surface area contributed by atoms with E-state index in [-0.39, 0.29) is 5.69 Å². The van der Waals surface area contributed by atoms with Gasteiger partial charge < -0.3 is 4.74 Å². The van der Waals surface area contributed by atoms with Gasteiger partial charge >= 0.3 is 0 Å². The molecule has 4 nitrogen and oxygen atoms in total. The maximum absolute atomic E-state index is 10.7. The number of hydrogen-bond acceptors (Lipinski definition) is 3. The van der Waals surface area contributed by atoms with Crippen LogP contribution in [0.25, 0.3) is 0 Å². The number of rotatable bonds is 3. The van der Waals surface area contributed by atoms with Crippen LogP contribution in [0.3, 0.4) is 0 Å². The lowest BCUT2D eigenvalue weighted by Crippen LogP contribution is -1.95. The average Bonchev–Trinajstić information content (AvgIpc) is 2.40. The van der Waals surface area contributed by atoms with Crippen LogP contribution in [-0.4, -0.2) is 4.92 Å². The SMILES string of the molecule is Cc1ccc(C)c(Oc2ccc([N+](=O)[O-])cc2Br)c1C. The average molecular weight is 336 g/mol. The van der Waals surface area contributed by atoms with Crippen LogP contribution in [0, 0.1) is 30.9 Å². The van der Waals surface area contributed by atoms with Gasteiger partial charge in [-0.15, -0.1) is 0 Å². The summed E-state index contributed by atoms with van der Waals surface area (Å²) in [4.78, 5) is 10.3. The van der Waals surface area contributed by atoms with Crippen molar-refractivity contribution in [3.05, 3.63) is 61.6 Å². The van der Waals surface area contributed by atoms with Crippen LogP contribution >= 0.6 is 15.9 Å². The van der Waals surface area contributed by atoms with E-state index in [4.69, 9.17) is 4.74 Å². The van der Waals surface area contributed by atoms with Gasteiger partial charge in [-0.2, -0.15) is 0 Å². The van der Waals surface area contributed by atoms with E-state index >= 15 is 0 Å². The summed E-state index contributed by atoms with van der Waals surface area (Å²) in [5.74, 6) is 1.35. The van der Waals surface area contributed by atoms with Crippen molar-refractivity contribution in [2.45, 2.75) is 20.8 Å². The molecule has 0 radical (unpaired) electrons. The Bertz CT molecular complexity index is 683. The van der Waals surface area contributed by atoms with Gasteiger partial charge in [0.1, 0.15) is 11.5 Å². The fraction of sp³-hybridized carbons (Fsp3) is 0.200. The maximum atomic E-state index is 10.7. The summed E-state index contributed by atoms with van der Waals surface area (Å²) in [5.41, 5.74) is 3.26. The lowest BCUT2D eigenvalue weighted by molar-refractivity contribution is -0.384. The minimum atomic E-state index is -0.433. The highest BCUT2D eigenvalue weighted by Gasteiger charge is 2.13. The summed E-state index contributed by atoms with van der Waals surface area (Å²) in [6.07, 6.45) is 0. The molecule has 2 rings (SSSR count). The van der Waals surface area contributed by atoms with Gasteiger partial charge in [0.2, 0.25) is 0 Å². The molecule has 2 aromatic carbocycles. The molecule has 5 heteroatoms. The van der Waals surface area contributed by atoms with Crippen molar-refractivity contribution >= 4 is 21.6 Å². The fourth-order valence-electron chi connectivity index (χ4n) is 1.88. The number of ether oxygens (including phenoxy) is 1. The Morgan fingerprint density at radius 3 is 2.35 bits per heavy atom. The van der Waals surface area contributed by atoms with Crippen LogP contribution in [0.1, 0.15) is 16.7 Å². The molecule has 20 heavy (non-hydrogen) atoms. The molecule has 0 amide bonds. The highest BCUT2D eigenvalue weighted by Crippen LogP contribution is 2.36. The first-order valence-electron chi connectivity index (χ1n) is 6.08. The van der Waals surface area contributed by atoms with Crippen molar-refractivity contribution in [2.24, 2.45) is 0 Å². The number of aryl methyl sites for hydroxylation is 2. The van der Waals surface area contributed by atoms with Gasteiger partial charge in [-0.05, 0) is 59.5 Å². The first-order chi connectivity index (χ1) is 9.40. The smallest absolute Gasteiger partial charge is 0.270 e. The summed E-state index contributed by atoms with van der Waals surface area (Å²) in [5, 5.41) is 10.7. The van der Waals surface area contributed by atoms with Crippen molar-refractivity contribution in [1.29, 1.82) is 0 Å². The Kier molecular flexibility index (Phi) is 4.09. The van der Waals surface area contributed by atoms with Crippen molar-refractivity contribution in [3.63, 3.8) is 0 Å². The van der Waals surface area contributed by atoms with E-state index in [0.717, 1.165) is 22.4 Å². The zero-order valence-electron chi connectivity index (χ0n) is 11.4. The second-order valence-corrected chi connectivity index (χ2v) is 5.48. The molecule has 0 spiro atoms. The summed E-state index contributed by atoms with van der Waals surface area (Å²) < 4.78 is 6.48. The molecular formula is C15H14BrNO3. The first kappa shape index (κ1) is 14.5. The Labute approximate surface area is 125 Å². The first-order valence-corrected chi connectivity index (χ1v) is 6.88. The predicted octanol–water partition coefficient (Wildman–Crippen LogP) is 5.07. The van der Waals surface area contributed by atoms with Gasteiger partial charge in [0.25, 0.3) is 5.69 Å². The van der Waals surface area contributed by atoms with Crippen molar-refractivity contribution in [2.75, 3.05) is 0 Å². The molecule has 0 aliphatic heterocycles. The monoisotopic (exact) mass is 335 g/mol. The zero-order chi connectivity index (χ0) is 14.9. The van der Waals surface area contributed by atoms with Crippen LogP contribution in [0.5, 0.6) is 11.5 Å². The lowest BCUT2D eigenvalue weighted by Gasteiger charge is -2.14. The highest BCUT2D eigenvalue weighted by atomic mass is 79.9. The molecule has 0 N–H and O–H groups in total. The third kappa shape index (κ3) is 2.82. The third-order valence-electron chi connectivity index (χ3n) is 3.21. The van der Waals surface area contributed by atoms with E-state index in [2.05, 4.69) is 15.9 Å². The molecule has 104 valence electrons. The van der Waals surface area contributed by atoms with Gasteiger partial charge in [0, 0.05) is 12.1 Å². The molecule has 0 fully saturated rings. The molecule has 0 atom stereocenters. The molecule has 0 unspecified atom stereocenters. The number of hydrogen-bond donors (Lipinski definition) is 0. The Morgan fingerprint density at radius 2 is 1.75 bits per heavy atom. The normalized spacial score (nSPS) is 10.4. The number of benzene rings is 2. The lowest BCUT2D eigenvalue weighted by atomic mass is 10.1. The number of non-ortho nitro benzene ring substituents is 1. The van der Waals surface area contributed by atoms with Crippen molar-refractivity contribution in [3.8, 4) is 11.5 Å². The summed E-state index contributed by atoms with van der Waals surface area (Å²) in [6.45, 7) is 5.99. The zero-order valence-corrected chi connectivity index (χ0v) is 13.0. The minimum absolute atomic E-state index is 0.0295. The largest absolute Gasteiger partial charge is 0.456 e. The van der Waals surface area contributed by atoms with Crippen LogP contribution < -0.4 is 4.74 Å². The van der Waals surface area contributed by atoms with Gasteiger partial charge in [-0.1, -0.05) is 12.1 Å². The molecule has 0 aliphatic carbocycles. The predicted molar refractivity (Wildman–Crippen MR) is 81.5 cm³/mol. The third-order valence-corrected chi connectivity index (χ3v) is 3.83. The van der Waals surface area contributed by atoms with Crippen LogP contribution in [0.15, 0.2) is 34.8 Å². The Balaban J connectivity index is 2.41. The number of nitrogens with zero attached hydrogens (tertiary/aromatic N) is 1. The van der Waals surface area contributed by atoms with E-state index in [1.807, 2.05) is 32.9 Å². The molecule has 0 aromatic heterocycles. The van der Waals surface area contributed by atoms with Crippen LogP contribution in [0.2, 0.25) is 0 Å². The van der Waals surface area contributed by atoms with Crippen LogP contribution in [0.4, 0.5) is 5.69 Å². The number of halogens is 1. The van der Waals surface area contributed by atoms with E-state index < -0.39 is 4.92 Å². The van der Waals surface area contributed by atoms with Crippen molar-refractivity contribution < 1.29 is 9.66 Å². The molecule has 0 aliphatic rings. The minimum Gasteiger partial charge on any atom is -0.456 e. The summed E-state index contributed by atoms with van der Waals surface area (Å²) >= 11 is 3.31. The second-order valence-electron chi connectivity index (χ2n) is 4.63. The van der Waals surface area contributed by atoms with Gasteiger partial charge in [-0.25, -0.2) is 0 Å². The van der Waals surface area contributed by atoms with Gasteiger partial charge in [0.15, 0.2) is 0 Å². The van der Waals surface area contributed by atoms with Crippen molar-refractivity contribution in [1.82, 2.24) is 0 Å². The fourth-order valence-corrected chi connectivity index (χ4v) is 2.33. The van der Waals surface area contributed by atoms with E-state index in [1.54, 1.807) is 6.07 Å². The van der Waals surface area contributed by atoms with E-state index in [9.17, 15) is 10.1 Å². The molecule has 0 saturated heterocycles. The number of nitro benzene ring substituents is 1. The van der Waals surface area contributed by atoms with E-state index in [0.29, 0.717) is 10.2 Å². The maximum Gasteiger partial charge on any atom is 0.270 e.